The highest BCUT2D eigenvalue weighted by Crippen LogP contribution is 2.24. The number of morpholine rings is 1. The van der Waals surface area contributed by atoms with E-state index in [4.69, 9.17) is 27.9 Å². The van der Waals surface area contributed by atoms with E-state index in [0.717, 1.165) is 13.1 Å². The fourth-order valence-corrected chi connectivity index (χ4v) is 3.22. The second-order valence-corrected chi connectivity index (χ2v) is 6.75. The van der Waals surface area contributed by atoms with Gasteiger partial charge in [0.25, 0.3) is 0 Å². The van der Waals surface area contributed by atoms with Crippen LogP contribution in [-0.2, 0) is 4.74 Å². The summed E-state index contributed by atoms with van der Waals surface area (Å²) in [5.41, 5.74) is 0.287. The van der Waals surface area contributed by atoms with Crippen molar-refractivity contribution in [2.24, 2.45) is 0 Å². The van der Waals surface area contributed by atoms with E-state index < -0.39 is 0 Å². The van der Waals surface area contributed by atoms with Crippen LogP contribution < -0.4 is 0 Å². The number of Topliss-reactive ketones (excluding diaryl/α,β-unsaturated/α-hetero) is 1. The topological polar surface area (TPSA) is 29.5 Å². The van der Waals surface area contributed by atoms with Crippen molar-refractivity contribution in [1.29, 1.82) is 0 Å². The Balaban J connectivity index is 2.07. The highest BCUT2D eigenvalue weighted by molar-refractivity contribution is 6.36. The van der Waals surface area contributed by atoms with Crippen LogP contribution in [0.4, 0.5) is 0 Å². The molecule has 110 valence electrons. The molecule has 1 atom stereocenters. The minimum absolute atomic E-state index is 0.0107. The summed E-state index contributed by atoms with van der Waals surface area (Å²) in [6.07, 6.45) is 0.118. The predicted octanol–water partition coefficient (Wildman–Crippen LogP) is 3.68. The lowest BCUT2D eigenvalue weighted by atomic mass is 10.0. The summed E-state index contributed by atoms with van der Waals surface area (Å²) in [5.74, 6) is 0.0107. The maximum atomic E-state index is 12.4. The monoisotopic (exact) mass is 315 g/mol. The molecule has 0 saturated carbocycles. The molecule has 0 spiro atoms. The number of hydrogen-bond acceptors (Lipinski definition) is 3. The summed E-state index contributed by atoms with van der Waals surface area (Å²) in [6.45, 7) is 7.92. The molecule has 3 nitrogen and oxygen atoms in total. The molecule has 5 heteroatoms. The number of nitrogens with zero attached hydrogens (tertiary/aromatic N) is 1. The van der Waals surface area contributed by atoms with Crippen LogP contribution in [0.15, 0.2) is 18.2 Å². The lowest BCUT2D eigenvalue weighted by Crippen LogP contribution is -2.53. The average molecular weight is 316 g/mol. The highest BCUT2D eigenvalue weighted by Gasteiger charge is 2.32. The third kappa shape index (κ3) is 3.95. The van der Waals surface area contributed by atoms with Crippen LogP contribution >= 0.6 is 23.2 Å². The summed E-state index contributed by atoms with van der Waals surface area (Å²) in [7, 11) is 0. The zero-order valence-corrected chi connectivity index (χ0v) is 13.5. The number of carbonyl (C=O) groups excluding carboxylic acids is 1. The van der Waals surface area contributed by atoms with E-state index in [9.17, 15) is 4.79 Å². The van der Waals surface area contributed by atoms with Gasteiger partial charge in [-0.1, -0.05) is 23.2 Å². The number of hydrogen-bond donors (Lipinski definition) is 0. The van der Waals surface area contributed by atoms with E-state index in [0.29, 0.717) is 22.2 Å². The van der Waals surface area contributed by atoms with Crippen LogP contribution in [0.3, 0.4) is 0 Å². The molecule has 1 unspecified atom stereocenters. The van der Waals surface area contributed by atoms with Gasteiger partial charge in [0, 0.05) is 23.7 Å². The number of carbonyl (C=O) groups is 1. The van der Waals surface area contributed by atoms with E-state index in [1.807, 2.05) is 20.8 Å². The SMILES string of the molecule is CC1CN(CC(=O)c2ccc(Cl)cc2Cl)CC(C)(C)O1. The summed E-state index contributed by atoms with van der Waals surface area (Å²) in [5, 5.41) is 0.941. The zero-order valence-electron chi connectivity index (χ0n) is 12.0. The highest BCUT2D eigenvalue weighted by atomic mass is 35.5. The van der Waals surface area contributed by atoms with Crippen molar-refractivity contribution in [2.45, 2.75) is 32.5 Å². The molecule has 1 saturated heterocycles. The molecule has 1 heterocycles. The van der Waals surface area contributed by atoms with Crippen molar-refractivity contribution < 1.29 is 9.53 Å². The molecule has 1 aromatic carbocycles. The Hall–Kier alpha value is -0.610. The van der Waals surface area contributed by atoms with Crippen molar-refractivity contribution in [3.05, 3.63) is 33.8 Å². The van der Waals surface area contributed by atoms with E-state index in [1.54, 1.807) is 18.2 Å². The Morgan fingerprint density at radius 1 is 1.45 bits per heavy atom. The summed E-state index contributed by atoms with van der Waals surface area (Å²) >= 11 is 11.9. The van der Waals surface area contributed by atoms with Gasteiger partial charge in [0.15, 0.2) is 5.78 Å². The first-order valence-electron chi connectivity index (χ1n) is 6.65. The number of halogens is 2. The molecule has 0 bridgehead atoms. The molecule has 1 fully saturated rings. The number of ketones is 1. The minimum atomic E-state index is -0.234. The van der Waals surface area contributed by atoms with Gasteiger partial charge in [-0.05, 0) is 39.0 Å². The van der Waals surface area contributed by atoms with Crippen LogP contribution in [0.2, 0.25) is 10.0 Å². The lowest BCUT2D eigenvalue weighted by molar-refractivity contribution is -0.126. The molecule has 0 aromatic heterocycles. The van der Waals surface area contributed by atoms with Gasteiger partial charge in [-0.3, -0.25) is 9.69 Å². The van der Waals surface area contributed by atoms with Crippen molar-refractivity contribution in [2.75, 3.05) is 19.6 Å². The summed E-state index contributed by atoms with van der Waals surface area (Å²) in [4.78, 5) is 14.5. The van der Waals surface area contributed by atoms with Crippen LogP contribution in [0.25, 0.3) is 0 Å². The number of benzene rings is 1. The first kappa shape index (κ1) is 15.8. The maximum Gasteiger partial charge on any atom is 0.178 e. The molecule has 0 N–H and O–H groups in total. The number of rotatable bonds is 3. The Morgan fingerprint density at radius 2 is 2.15 bits per heavy atom. The van der Waals surface area contributed by atoms with E-state index in [1.165, 1.54) is 0 Å². The fraction of sp³-hybridized carbons (Fsp3) is 0.533. The second-order valence-electron chi connectivity index (χ2n) is 5.91. The van der Waals surface area contributed by atoms with Gasteiger partial charge in [-0.15, -0.1) is 0 Å². The smallest absolute Gasteiger partial charge is 0.178 e. The molecule has 0 aliphatic carbocycles. The molecule has 1 aromatic rings. The predicted molar refractivity (Wildman–Crippen MR) is 81.9 cm³/mol. The van der Waals surface area contributed by atoms with Gasteiger partial charge in [-0.25, -0.2) is 0 Å². The average Bonchev–Trinajstić information content (AvgIpc) is 2.25. The van der Waals surface area contributed by atoms with E-state index in [-0.39, 0.29) is 17.5 Å². The van der Waals surface area contributed by atoms with Crippen molar-refractivity contribution in [1.82, 2.24) is 4.90 Å². The van der Waals surface area contributed by atoms with Gasteiger partial charge in [0.2, 0.25) is 0 Å². The maximum absolute atomic E-state index is 12.4. The lowest BCUT2D eigenvalue weighted by Gasteiger charge is -2.41. The standard InChI is InChI=1S/C15H19Cl2NO2/c1-10-7-18(9-15(2,3)20-10)8-14(19)12-5-4-11(16)6-13(12)17/h4-6,10H,7-9H2,1-3H3. The molecule has 1 aliphatic heterocycles. The van der Waals surface area contributed by atoms with Crippen LogP contribution in [0, 0.1) is 0 Å². The Labute approximate surface area is 129 Å². The first-order chi connectivity index (χ1) is 9.27. The molecule has 2 rings (SSSR count). The Bertz CT molecular complexity index is 517. The van der Waals surface area contributed by atoms with Gasteiger partial charge in [0.1, 0.15) is 0 Å². The molecule has 1 aliphatic rings. The van der Waals surface area contributed by atoms with Gasteiger partial charge >= 0.3 is 0 Å². The second kappa shape index (κ2) is 6.02. The molecule has 0 radical (unpaired) electrons. The molecule has 20 heavy (non-hydrogen) atoms. The van der Waals surface area contributed by atoms with Crippen molar-refractivity contribution >= 4 is 29.0 Å². The summed E-state index contributed by atoms with van der Waals surface area (Å²) in [6, 6.07) is 4.97. The molecular formula is C15H19Cl2NO2. The van der Waals surface area contributed by atoms with Gasteiger partial charge < -0.3 is 4.74 Å². The third-order valence-electron chi connectivity index (χ3n) is 3.24. The van der Waals surface area contributed by atoms with Crippen LogP contribution in [0.1, 0.15) is 31.1 Å². The molecular weight excluding hydrogens is 297 g/mol. The number of ether oxygens (including phenoxy) is 1. The summed E-state index contributed by atoms with van der Waals surface area (Å²) < 4.78 is 5.83. The van der Waals surface area contributed by atoms with Gasteiger partial charge in [0.05, 0.1) is 23.3 Å². The largest absolute Gasteiger partial charge is 0.370 e. The van der Waals surface area contributed by atoms with E-state index >= 15 is 0 Å². The molecule has 0 amide bonds. The quantitative estimate of drug-likeness (QED) is 0.797. The van der Waals surface area contributed by atoms with Crippen molar-refractivity contribution in [3.8, 4) is 0 Å². The normalized spacial score (nSPS) is 22.8. The first-order valence-corrected chi connectivity index (χ1v) is 7.41. The fourth-order valence-electron chi connectivity index (χ4n) is 2.71. The Kier molecular flexibility index (Phi) is 4.75. The van der Waals surface area contributed by atoms with Crippen LogP contribution in [-0.4, -0.2) is 42.0 Å². The van der Waals surface area contributed by atoms with E-state index in [2.05, 4.69) is 4.90 Å². The van der Waals surface area contributed by atoms with Crippen molar-refractivity contribution in [3.63, 3.8) is 0 Å². The minimum Gasteiger partial charge on any atom is -0.370 e. The Morgan fingerprint density at radius 3 is 2.75 bits per heavy atom. The third-order valence-corrected chi connectivity index (χ3v) is 3.79. The van der Waals surface area contributed by atoms with Gasteiger partial charge in [-0.2, -0.15) is 0 Å². The van der Waals surface area contributed by atoms with Crippen LogP contribution in [0.5, 0.6) is 0 Å². The zero-order chi connectivity index (χ0) is 14.9.